The summed E-state index contributed by atoms with van der Waals surface area (Å²) in [6.07, 6.45) is 2.90. The highest BCUT2D eigenvalue weighted by Gasteiger charge is 2.09. The van der Waals surface area contributed by atoms with E-state index in [1.54, 1.807) is 27.8 Å². The van der Waals surface area contributed by atoms with E-state index >= 15 is 0 Å². The topological polar surface area (TPSA) is 56.5 Å². The van der Waals surface area contributed by atoms with Gasteiger partial charge in [-0.1, -0.05) is 37.7 Å². The molecule has 0 aliphatic rings. The van der Waals surface area contributed by atoms with Gasteiger partial charge in [-0.05, 0) is 40.5 Å². The summed E-state index contributed by atoms with van der Waals surface area (Å²) in [6.45, 7) is 4.37. The second-order valence-electron chi connectivity index (χ2n) is 5.19. The Labute approximate surface area is 137 Å². The van der Waals surface area contributed by atoms with Crippen molar-refractivity contribution < 1.29 is 0 Å². The van der Waals surface area contributed by atoms with E-state index in [4.69, 9.17) is 0 Å². The minimum Gasteiger partial charge on any atom is -0.253 e. The maximum Gasteiger partial charge on any atom is 0.214 e. The van der Waals surface area contributed by atoms with Crippen molar-refractivity contribution in [1.82, 2.24) is 25.2 Å². The number of hydrogen-bond donors (Lipinski definition) is 0. The molecule has 0 amide bonds. The molecule has 3 rings (SSSR count). The van der Waals surface area contributed by atoms with Gasteiger partial charge < -0.3 is 0 Å². The first kappa shape index (κ1) is 15.2. The molecule has 3 aromatic rings. The van der Waals surface area contributed by atoms with Crippen LogP contribution in [-0.4, -0.2) is 30.9 Å². The third-order valence-corrected chi connectivity index (χ3v) is 5.07. The molecule has 0 unspecified atom stereocenters. The van der Waals surface area contributed by atoms with Crippen molar-refractivity contribution in [2.45, 2.75) is 31.3 Å². The zero-order chi connectivity index (χ0) is 15.4. The number of tetrazole rings is 1. The molecule has 0 saturated carbocycles. The molecular weight excluding hydrogens is 314 g/mol. The minimum absolute atomic E-state index is 0.524. The quantitative estimate of drug-likeness (QED) is 0.646. The Morgan fingerprint density at radius 1 is 1.23 bits per heavy atom. The van der Waals surface area contributed by atoms with Crippen molar-refractivity contribution in [2.75, 3.05) is 5.75 Å². The number of benzene rings is 1. The first-order chi connectivity index (χ1) is 10.7. The molecule has 5 nitrogen and oxygen atoms in total. The molecule has 0 N–H and O–H groups in total. The van der Waals surface area contributed by atoms with Crippen molar-refractivity contribution in [3.05, 3.63) is 46.4 Å². The Bertz CT molecular complexity index is 704. The van der Waals surface area contributed by atoms with Crippen LogP contribution in [0.3, 0.4) is 0 Å². The number of thiazole rings is 1. The van der Waals surface area contributed by atoms with Gasteiger partial charge in [0.15, 0.2) is 0 Å². The summed E-state index contributed by atoms with van der Waals surface area (Å²) < 4.78 is 1.79. The Morgan fingerprint density at radius 2 is 2.05 bits per heavy atom. The standard InChI is InChI=1S/C15H17N5S2/c1-11(2)12-3-5-13(6-4-12)20-15(17-18-19-20)21-8-7-14-9-16-10-22-14/h3-6,9-11H,7-8H2,1-2H3. The second kappa shape index (κ2) is 7.02. The number of hydrogen-bond acceptors (Lipinski definition) is 6. The average molecular weight is 331 g/mol. The van der Waals surface area contributed by atoms with E-state index in [0.717, 1.165) is 23.0 Å². The number of rotatable bonds is 6. The van der Waals surface area contributed by atoms with Crippen molar-refractivity contribution >= 4 is 23.1 Å². The molecule has 22 heavy (non-hydrogen) atoms. The summed E-state index contributed by atoms with van der Waals surface area (Å²) in [5, 5.41) is 12.8. The van der Waals surface area contributed by atoms with Crippen LogP contribution in [0.15, 0.2) is 41.1 Å². The predicted molar refractivity (Wildman–Crippen MR) is 89.8 cm³/mol. The van der Waals surface area contributed by atoms with E-state index in [9.17, 15) is 0 Å². The third kappa shape index (κ3) is 3.53. The van der Waals surface area contributed by atoms with E-state index in [1.807, 2.05) is 11.7 Å². The Hall–Kier alpha value is -1.73. The molecule has 7 heteroatoms. The largest absolute Gasteiger partial charge is 0.253 e. The highest BCUT2D eigenvalue weighted by atomic mass is 32.2. The maximum absolute atomic E-state index is 4.12. The maximum atomic E-state index is 4.12. The molecule has 2 aromatic heterocycles. The molecular formula is C15H17N5S2. The Morgan fingerprint density at radius 3 is 2.73 bits per heavy atom. The number of aryl methyl sites for hydroxylation is 1. The molecule has 0 atom stereocenters. The molecule has 2 heterocycles. The summed E-state index contributed by atoms with van der Waals surface area (Å²) in [7, 11) is 0. The minimum atomic E-state index is 0.524. The average Bonchev–Trinajstić information content (AvgIpc) is 3.19. The summed E-state index contributed by atoms with van der Waals surface area (Å²) in [5.74, 6) is 1.46. The lowest BCUT2D eigenvalue weighted by atomic mass is 10.0. The SMILES string of the molecule is CC(C)c1ccc(-n2nnnc2SCCc2cncs2)cc1. The van der Waals surface area contributed by atoms with Crippen molar-refractivity contribution in [3.63, 3.8) is 0 Å². The van der Waals surface area contributed by atoms with Gasteiger partial charge in [-0.3, -0.25) is 4.98 Å². The van der Waals surface area contributed by atoms with Crippen LogP contribution in [0.5, 0.6) is 0 Å². The highest BCUT2D eigenvalue weighted by molar-refractivity contribution is 7.99. The summed E-state index contributed by atoms with van der Waals surface area (Å²) in [6, 6.07) is 8.40. The van der Waals surface area contributed by atoms with Gasteiger partial charge in [-0.25, -0.2) is 0 Å². The highest BCUT2D eigenvalue weighted by Crippen LogP contribution is 2.22. The molecule has 0 spiro atoms. The van der Waals surface area contributed by atoms with Gasteiger partial charge >= 0.3 is 0 Å². The van der Waals surface area contributed by atoms with E-state index in [-0.39, 0.29) is 0 Å². The number of aromatic nitrogens is 5. The molecule has 0 radical (unpaired) electrons. The van der Waals surface area contributed by atoms with E-state index in [1.165, 1.54) is 10.4 Å². The van der Waals surface area contributed by atoms with Gasteiger partial charge in [0.1, 0.15) is 0 Å². The molecule has 0 aliphatic heterocycles. The van der Waals surface area contributed by atoms with Gasteiger partial charge in [0, 0.05) is 16.8 Å². The Kier molecular flexibility index (Phi) is 4.84. The van der Waals surface area contributed by atoms with E-state index in [2.05, 4.69) is 58.6 Å². The predicted octanol–water partition coefficient (Wildman–Crippen LogP) is 3.58. The lowest BCUT2D eigenvalue weighted by Gasteiger charge is -2.07. The third-order valence-electron chi connectivity index (χ3n) is 3.31. The van der Waals surface area contributed by atoms with Gasteiger partial charge in [-0.2, -0.15) is 4.68 Å². The van der Waals surface area contributed by atoms with Crippen molar-refractivity contribution in [3.8, 4) is 5.69 Å². The van der Waals surface area contributed by atoms with Crippen molar-refractivity contribution in [2.24, 2.45) is 0 Å². The molecule has 1 aromatic carbocycles. The zero-order valence-electron chi connectivity index (χ0n) is 12.5. The van der Waals surface area contributed by atoms with E-state index in [0.29, 0.717) is 5.92 Å². The van der Waals surface area contributed by atoms with Crippen LogP contribution in [-0.2, 0) is 6.42 Å². The number of thioether (sulfide) groups is 1. The molecule has 0 bridgehead atoms. The smallest absolute Gasteiger partial charge is 0.214 e. The fraction of sp³-hybridized carbons (Fsp3) is 0.333. The van der Waals surface area contributed by atoms with Crippen LogP contribution >= 0.6 is 23.1 Å². The molecule has 0 aliphatic carbocycles. The molecule has 0 saturated heterocycles. The lowest BCUT2D eigenvalue weighted by molar-refractivity contribution is 0.754. The first-order valence-corrected chi connectivity index (χ1v) is 8.99. The first-order valence-electron chi connectivity index (χ1n) is 7.13. The van der Waals surface area contributed by atoms with Gasteiger partial charge in [-0.15, -0.1) is 16.4 Å². The van der Waals surface area contributed by atoms with Gasteiger partial charge in [0.2, 0.25) is 5.16 Å². The second-order valence-corrected chi connectivity index (χ2v) is 7.22. The van der Waals surface area contributed by atoms with Crippen molar-refractivity contribution in [1.29, 1.82) is 0 Å². The van der Waals surface area contributed by atoms with Crippen LogP contribution in [0.25, 0.3) is 5.69 Å². The fourth-order valence-corrected chi connectivity index (χ4v) is 3.63. The van der Waals surface area contributed by atoms with Gasteiger partial charge in [0.25, 0.3) is 0 Å². The summed E-state index contributed by atoms with van der Waals surface area (Å²) in [5.41, 5.74) is 4.17. The Balaban J connectivity index is 1.68. The van der Waals surface area contributed by atoms with Crippen LogP contribution in [0.1, 0.15) is 30.2 Å². The van der Waals surface area contributed by atoms with Gasteiger partial charge in [0.05, 0.1) is 11.2 Å². The lowest BCUT2D eigenvalue weighted by Crippen LogP contribution is -2.00. The normalized spacial score (nSPS) is 11.2. The monoisotopic (exact) mass is 331 g/mol. The van der Waals surface area contributed by atoms with Crippen LogP contribution < -0.4 is 0 Å². The molecule has 114 valence electrons. The zero-order valence-corrected chi connectivity index (χ0v) is 14.1. The van der Waals surface area contributed by atoms with Crippen LogP contribution in [0, 0.1) is 0 Å². The van der Waals surface area contributed by atoms with Crippen LogP contribution in [0.4, 0.5) is 0 Å². The van der Waals surface area contributed by atoms with E-state index < -0.39 is 0 Å². The summed E-state index contributed by atoms with van der Waals surface area (Å²) >= 11 is 3.35. The van der Waals surface area contributed by atoms with Crippen LogP contribution in [0.2, 0.25) is 0 Å². The fourth-order valence-electron chi connectivity index (χ4n) is 2.04. The molecule has 0 fully saturated rings. The number of nitrogens with zero attached hydrogens (tertiary/aromatic N) is 5. The summed E-state index contributed by atoms with van der Waals surface area (Å²) in [4.78, 5) is 5.37.